The van der Waals surface area contributed by atoms with E-state index in [0.717, 1.165) is 15.5 Å². The smallest absolute Gasteiger partial charge is 0.163 e. The third-order valence-corrected chi connectivity index (χ3v) is 4.44. The van der Waals surface area contributed by atoms with Crippen LogP contribution in [0.5, 0.6) is 0 Å². The van der Waals surface area contributed by atoms with Crippen molar-refractivity contribution in [3.8, 4) is 0 Å². The Morgan fingerprint density at radius 1 is 1.06 bits per heavy atom. The number of hydrogen-bond acceptors (Lipinski definition) is 2. The van der Waals surface area contributed by atoms with Crippen LogP contribution in [0.4, 0.5) is 4.39 Å². The van der Waals surface area contributed by atoms with Crippen LogP contribution in [0.15, 0.2) is 0 Å². The first-order valence-corrected chi connectivity index (χ1v) is 7.36. The Labute approximate surface area is 112 Å². The Bertz CT molecular complexity index is 564. The van der Waals surface area contributed by atoms with Gasteiger partial charge >= 0.3 is 0 Å². The summed E-state index contributed by atoms with van der Waals surface area (Å²) in [6, 6.07) is 0.233. The van der Waals surface area contributed by atoms with Crippen LogP contribution in [0.25, 0.3) is 10.3 Å². The third kappa shape index (κ3) is 1.96. The molecule has 0 spiro atoms. The largest absolute Gasteiger partial charge is 0.322 e. The van der Waals surface area contributed by atoms with Crippen LogP contribution in [-0.2, 0) is 0 Å². The molecule has 100 valence electrons. The maximum absolute atomic E-state index is 14.5. The van der Waals surface area contributed by atoms with Gasteiger partial charge < -0.3 is 4.57 Å². The molecule has 0 amide bonds. The first-order valence-electron chi connectivity index (χ1n) is 6.54. The molecule has 0 fully saturated rings. The van der Waals surface area contributed by atoms with Gasteiger partial charge in [0.15, 0.2) is 5.82 Å². The molecule has 0 aliphatic rings. The van der Waals surface area contributed by atoms with E-state index in [9.17, 15) is 4.39 Å². The van der Waals surface area contributed by atoms with Crippen molar-refractivity contribution in [2.45, 2.75) is 59.4 Å². The van der Waals surface area contributed by atoms with Crippen LogP contribution in [0.2, 0.25) is 0 Å². The highest BCUT2D eigenvalue weighted by molar-refractivity contribution is 7.18. The highest BCUT2D eigenvalue weighted by Gasteiger charge is 2.24. The zero-order valence-corrected chi connectivity index (χ0v) is 12.7. The van der Waals surface area contributed by atoms with E-state index in [2.05, 4.69) is 37.2 Å². The zero-order chi connectivity index (χ0) is 13.6. The van der Waals surface area contributed by atoms with Crippen LogP contribution in [0, 0.1) is 5.82 Å². The number of nitrogens with zero attached hydrogens (tertiary/aromatic N) is 2. The van der Waals surface area contributed by atoms with E-state index in [1.807, 2.05) is 13.8 Å². The second-order valence-corrected chi connectivity index (χ2v) is 6.71. The van der Waals surface area contributed by atoms with Crippen LogP contribution >= 0.6 is 11.3 Å². The van der Waals surface area contributed by atoms with E-state index in [4.69, 9.17) is 0 Å². The molecule has 0 aliphatic carbocycles. The van der Waals surface area contributed by atoms with Crippen LogP contribution in [-0.4, -0.2) is 9.55 Å². The van der Waals surface area contributed by atoms with Gasteiger partial charge in [0.2, 0.25) is 0 Å². The lowest BCUT2D eigenvalue weighted by molar-refractivity contribution is 0.545. The number of imidazole rings is 1. The fourth-order valence-corrected chi connectivity index (χ4v) is 3.32. The van der Waals surface area contributed by atoms with Gasteiger partial charge in [0, 0.05) is 16.8 Å². The molecule has 2 rings (SSSR count). The minimum atomic E-state index is -0.0712. The standard InChI is InChI=1S/C14H21FN2S/c1-7(2)12-10(15)11-14(18-12)16-13(8(3)4)17(11)9(5)6/h7-9H,1-6H3. The second kappa shape index (κ2) is 4.65. The minimum Gasteiger partial charge on any atom is -0.322 e. The number of halogens is 1. The first kappa shape index (κ1) is 13.5. The van der Waals surface area contributed by atoms with Crippen molar-refractivity contribution in [3.63, 3.8) is 0 Å². The highest BCUT2D eigenvalue weighted by atomic mass is 32.1. The molecule has 2 aromatic heterocycles. The Kier molecular flexibility index (Phi) is 3.49. The molecule has 0 unspecified atom stereocenters. The molecule has 18 heavy (non-hydrogen) atoms. The molecule has 2 aromatic rings. The Hall–Kier alpha value is -0.900. The van der Waals surface area contributed by atoms with Crippen LogP contribution < -0.4 is 0 Å². The van der Waals surface area contributed by atoms with Gasteiger partial charge in [-0.1, -0.05) is 27.7 Å². The molecule has 2 nitrogen and oxygen atoms in total. The van der Waals surface area contributed by atoms with Crippen molar-refractivity contribution in [3.05, 3.63) is 16.5 Å². The molecule has 0 bridgehead atoms. The monoisotopic (exact) mass is 268 g/mol. The van der Waals surface area contributed by atoms with E-state index >= 15 is 0 Å². The van der Waals surface area contributed by atoms with Gasteiger partial charge in [-0.15, -0.1) is 11.3 Å². The van der Waals surface area contributed by atoms with Gasteiger partial charge in [-0.3, -0.25) is 0 Å². The van der Waals surface area contributed by atoms with Crippen molar-refractivity contribution in [1.82, 2.24) is 9.55 Å². The molecule has 2 heterocycles. The minimum absolute atomic E-state index is 0.0712. The van der Waals surface area contributed by atoms with Gasteiger partial charge in [-0.05, 0) is 19.8 Å². The summed E-state index contributed by atoms with van der Waals surface area (Å²) in [5.41, 5.74) is 0.697. The number of hydrogen-bond donors (Lipinski definition) is 0. The van der Waals surface area contributed by atoms with Gasteiger partial charge in [0.1, 0.15) is 16.2 Å². The van der Waals surface area contributed by atoms with E-state index in [1.54, 1.807) is 0 Å². The molecule has 0 atom stereocenters. The zero-order valence-electron chi connectivity index (χ0n) is 11.9. The molecular weight excluding hydrogens is 247 g/mol. The summed E-state index contributed by atoms with van der Waals surface area (Å²) >= 11 is 1.49. The third-order valence-electron chi connectivity index (χ3n) is 3.09. The van der Waals surface area contributed by atoms with Crippen molar-refractivity contribution < 1.29 is 4.39 Å². The summed E-state index contributed by atoms with van der Waals surface area (Å²) in [4.78, 5) is 6.30. The van der Waals surface area contributed by atoms with E-state index in [-0.39, 0.29) is 17.8 Å². The summed E-state index contributed by atoms with van der Waals surface area (Å²) in [5.74, 6) is 1.44. The predicted molar refractivity (Wildman–Crippen MR) is 76.1 cm³/mol. The quantitative estimate of drug-likeness (QED) is 0.760. The van der Waals surface area contributed by atoms with Gasteiger partial charge in [-0.2, -0.15) is 0 Å². The molecule has 0 radical (unpaired) electrons. The van der Waals surface area contributed by atoms with Crippen LogP contribution in [0.1, 0.15) is 70.1 Å². The van der Waals surface area contributed by atoms with Gasteiger partial charge in [0.05, 0.1) is 0 Å². The number of rotatable bonds is 3. The Balaban J connectivity index is 2.76. The summed E-state index contributed by atoms with van der Waals surface area (Å²) in [7, 11) is 0. The van der Waals surface area contributed by atoms with Crippen molar-refractivity contribution in [2.24, 2.45) is 0 Å². The van der Waals surface area contributed by atoms with Gasteiger partial charge in [0.25, 0.3) is 0 Å². The summed E-state index contributed by atoms with van der Waals surface area (Å²) in [6.45, 7) is 12.4. The SMILES string of the molecule is CC(C)c1sc2nc(C(C)C)n(C(C)C)c2c1F. The molecule has 4 heteroatoms. The second-order valence-electron chi connectivity index (χ2n) is 5.68. The average Bonchev–Trinajstić information content (AvgIpc) is 2.75. The topological polar surface area (TPSA) is 17.8 Å². The lowest BCUT2D eigenvalue weighted by Gasteiger charge is -2.15. The number of aromatic nitrogens is 2. The normalized spacial score (nSPS) is 12.6. The van der Waals surface area contributed by atoms with E-state index < -0.39 is 0 Å². The van der Waals surface area contributed by atoms with Crippen LogP contribution in [0.3, 0.4) is 0 Å². The first-order chi connectivity index (χ1) is 8.34. The predicted octanol–water partition coefficient (Wildman–Crippen LogP) is 5.06. The lowest BCUT2D eigenvalue weighted by atomic mass is 10.1. The maximum atomic E-state index is 14.5. The molecule has 0 saturated carbocycles. The molecule has 0 aliphatic heterocycles. The fourth-order valence-electron chi connectivity index (χ4n) is 2.27. The maximum Gasteiger partial charge on any atom is 0.163 e. The average molecular weight is 268 g/mol. The number of thiophene rings is 1. The molecule has 0 aromatic carbocycles. The lowest BCUT2D eigenvalue weighted by Crippen LogP contribution is -2.08. The van der Waals surface area contributed by atoms with Crippen molar-refractivity contribution >= 4 is 21.7 Å². The Morgan fingerprint density at radius 2 is 1.67 bits per heavy atom. The fraction of sp³-hybridized carbons (Fsp3) is 0.643. The van der Waals surface area contributed by atoms with E-state index in [0.29, 0.717) is 11.4 Å². The molecular formula is C14H21FN2S. The summed E-state index contributed by atoms with van der Waals surface area (Å²) < 4.78 is 16.6. The van der Waals surface area contributed by atoms with Crippen molar-refractivity contribution in [1.29, 1.82) is 0 Å². The summed E-state index contributed by atoms with van der Waals surface area (Å²) in [5, 5.41) is 0. The van der Waals surface area contributed by atoms with E-state index in [1.165, 1.54) is 11.3 Å². The van der Waals surface area contributed by atoms with Gasteiger partial charge in [-0.25, -0.2) is 9.37 Å². The Morgan fingerprint density at radius 3 is 2.11 bits per heavy atom. The number of fused-ring (bicyclic) bond motifs is 1. The van der Waals surface area contributed by atoms with Crippen molar-refractivity contribution in [2.75, 3.05) is 0 Å². The molecule has 0 saturated heterocycles. The highest BCUT2D eigenvalue weighted by Crippen LogP contribution is 2.37. The summed E-state index contributed by atoms with van der Waals surface area (Å²) in [6.07, 6.45) is 0. The molecule has 0 N–H and O–H groups in total.